The van der Waals surface area contributed by atoms with Crippen LogP contribution in [0.3, 0.4) is 0 Å². The van der Waals surface area contributed by atoms with Crippen molar-refractivity contribution in [2.75, 3.05) is 9.80 Å². The minimum absolute atomic E-state index is 0.179. The van der Waals surface area contributed by atoms with Gasteiger partial charge in [0.15, 0.2) is 0 Å². The van der Waals surface area contributed by atoms with E-state index in [0.717, 1.165) is 5.56 Å². The molecule has 7 heteroatoms. The fourth-order valence-electron chi connectivity index (χ4n) is 3.56. The van der Waals surface area contributed by atoms with E-state index in [0.29, 0.717) is 38.6 Å². The minimum Gasteiger partial charge on any atom is -0.304 e. The maximum atomic E-state index is 13.3. The van der Waals surface area contributed by atoms with E-state index < -0.39 is 6.04 Å². The van der Waals surface area contributed by atoms with E-state index in [-0.39, 0.29) is 11.8 Å². The molecular formula is C23H17Cl3N2O2. The quantitative estimate of drug-likeness (QED) is 0.466. The zero-order chi connectivity index (χ0) is 21.4. The number of benzene rings is 3. The molecule has 0 bridgehead atoms. The van der Waals surface area contributed by atoms with Crippen LogP contribution >= 0.6 is 34.8 Å². The molecule has 30 heavy (non-hydrogen) atoms. The number of nitrogens with zero attached hydrogens (tertiary/aromatic N) is 2. The molecule has 0 aliphatic carbocycles. The molecular weight excluding hydrogens is 443 g/mol. The Labute approximate surface area is 189 Å². The van der Waals surface area contributed by atoms with Crippen LogP contribution in [0.25, 0.3) is 0 Å². The van der Waals surface area contributed by atoms with Crippen LogP contribution in [-0.2, 0) is 11.3 Å². The highest BCUT2D eigenvalue weighted by atomic mass is 35.5. The van der Waals surface area contributed by atoms with Gasteiger partial charge in [0.25, 0.3) is 5.91 Å². The Kier molecular flexibility index (Phi) is 5.74. The second kappa shape index (κ2) is 8.31. The third-order valence-corrected chi connectivity index (χ3v) is 6.07. The van der Waals surface area contributed by atoms with Gasteiger partial charge < -0.3 is 4.90 Å². The van der Waals surface area contributed by atoms with Crippen molar-refractivity contribution in [1.29, 1.82) is 0 Å². The van der Waals surface area contributed by atoms with Crippen molar-refractivity contribution in [3.63, 3.8) is 0 Å². The number of halogens is 3. The SMILES string of the molecule is CC1C(=O)N(Cc2ccc(Cl)c(Cl)c2)c2ccccc2N1C(=O)c1ccc(Cl)cc1. The lowest BCUT2D eigenvalue weighted by Gasteiger charge is -2.40. The zero-order valence-electron chi connectivity index (χ0n) is 16.0. The van der Waals surface area contributed by atoms with Gasteiger partial charge in [-0.05, 0) is 61.0 Å². The van der Waals surface area contributed by atoms with Crippen LogP contribution in [0.4, 0.5) is 11.4 Å². The van der Waals surface area contributed by atoms with E-state index in [2.05, 4.69) is 0 Å². The Morgan fingerprint density at radius 3 is 2.23 bits per heavy atom. The summed E-state index contributed by atoms with van der Waals surface area (Å²) in [5.74, 6) is -0.434. The molecule has 1 aliphatic heterocycles. The van der Waals surface area contributed by atoms with Crippen LogP contribution < -0.4 is 9.80 Å². The molecule has 1 aliphatic rings. The predicted octanol–water partition coefficient (Wildman–Crippen LogP) is 6.23. The molecule has 3 aromatic rings. The third kappa shape index (κ3) is 3.79. The smallest absolute Gasteiger partial charge is 0.259 e. The number of carbonyl (C=O) groups excluding carboxylic acids is 2. The van der Waals surface area contributed by atoms with Crippen LogP contribution in [-0.4, -0.2) is 17.9 Å². The number of para-hydroxylation sites is 2. The Balaban J connectivity index is 1.73. The van der Waals surface area contributed by atoms with Crippen LogP contribution in [0.15, 0.2) is 66.7 Å². The highest BCUT2D eigenvalue weighted by Crippen LogP contribution is 2.38. The van der Waals surface area contributed by atoms with Gasteiger partial charge >= 0.3 is 0 Å². The van der Waals surface area contributed by atoms with Crippen molar-refractivity contribution in [3.05, 3.63) is 92.9 Å². The van der Waals surface area contributed by atoms with Crippen LogP contribution in [0, 0.1) is 0 Å². The number of carbonyl (C=O) groups is 2. The molecule has 0 saturated heterocycles. The van der Waals surface area contributed by atoms with Crippen LogP contribution in [0.1, 0.15) is 22.8 Å². The fraction of sp³-hybridized carbons (Fsp3) is 0.130. The molecule has 0 fully saturated rings. The monoisotopic (exact) mass is 458 g/mol. The first kappa shape index (κ1) is 20.7. The minimum atomic E-state index is -0.675. The van der Waals surface area contributed by atoms with Gasteiger partial charge in [-0.2, -0.15) is 0 Å². The van der Waals surface area contributed by atoms with Crippen molar-refractivity contribution in [1.82, 2.24) is 0 Å². The summed E-state index contributed by atoms with van der Waals surface area (Å²) in [6.07, 6.45) is 0. The number of hydrogen-bond donors (Lipinski definition) is 0. The Morgan fingerprint density at radius 2 is 1.57 bits per heavy atom. The van der Waals surface area contributed by atoms with E-state index in [1.807, 2.05) is 30.3 Å². The van der Waals surface area contributed by atoms with Crippen molar-refractivity contribution in [2.45, 2.75) is 19.5 Å². The molecule has 1 atom stereocenters. The predicted molar refractivity (Wildman–Crippen MR) is 122 cm³/mol. The van der Waals surface area contributed by atoms with Gasteiger partial charge in [-0.3, -0.25) is 14.5 Å². The molecule has 4 rings (SSSR count). The molecule has 0 aromatic heterocycles. The normalized spacial score (nSPS) is 15.9. The van der Waals surface area contributed by atoms with Crippen molar-refractivity contribution >= 4 is 58.0 Å². The number of fused-ring (bicyclic) bond motifs is 1. The van der Waals surface area contributed by atoms with E-state index in [4.69, 9.17) is 34.8 Å². The maximum Gasteiger partial charge on any atom is 0.259 e. The van der Waals surface area contributed by atoms with E-state index in [1.54, 1.807) is 48.2 Å². The average molecular weight is 460 g/mol. The number of hydrogen-bond acceptors (Lipinski definition) is 2. The van der Waals surface area contributed by atoms with Crippen molar-refractivity contribution in [2.24, 2.45) is 0 Å². The summed E-state index contributed by atoms with van der Waals surface area (Å²) in [7, 11) is 0. The van der Waals surface area contributed by atoms with Crippen molar-refractivity contribution < 1.29 is 9.59 Å². The standard InChI is InChI=1S/C23H17Cl3N2O2/c1-14-22(29)27(13-15-6-11-18(25)19(26)12-15)20-4-2-3-5-21(20)28(14)23(30)16-7-9-17(24)10-8-16/h2-12,14H,13H2,1H3. The lowest BCUT2D eigenvalue weighted by Crippen LogP contribution is -2.54. The highest BCUT2D eigenvalue weighted by molar-refractivity contribution is 6.42. The summed E-state index contributed by atoms with van der Waals surface area (Å²) in [5, 5.41) is 1.43. The van der Waals surface area contributed by atoms with Crippen molar-refractivity contribution in [3.8, 4) is 0 Å². The van der Waals surface area contributed by atoms with E-state index >= 15 is 0 Å². The third-order valence-electron chi connectivity index (χ3n) is 5.08. The molecule has 2 amide bonds. The summed E-state index contributed by atoms with van der Waals surface area (Å²) in [5.41, 5.74) is 2.64. The summed E-state index contributed by atoms with van der Waals surface area (Å²) < 4.78 is 0. The molecule has 152 valence electrons. The van der Waals surface area contributed by atoms with Gasteiger partial charge in [0, 0.05) is 10.6 Å². The first-order valence-electron chi connectivity index (χ1n) is 9.30. The average Bonchev–Trinajstić information content (AvgIpc) is 2.74. The van der Waals surface area contributed by atoms with E-state index in [9.17, 15) is 9.59 Å². The fourth-order valence-corrected chi connectivity index (χ4v) is 4.01. The molecule has 3 aromatic carbocycles. The highest BCUT2D eigenvalue weighted by Gasteiger charge is 2.38. The lowest BCUT2D eigenvalue weighted by molar-refractivity contribution is -0.119. The zero-order valence-corrected chi connectivity index (χ0v) is 18.2. The topological polar surface area (TPSA) is 40.6 Å². The molecule has 1 unspecified atom stereocenters. The second-order valence-electron chi connectivity index (χ2n) is 7.02. The number of amides is 2. The number of anilines is 2. The molecule has 0 saturated carbocycles. The number of rotatable bonds is 3. The van der Waals surface area contributed by atoms with Gasteiger partial charge in [-0.15, -0.1) is 0 Å². The molecule has 0 spiro atoms. The largest absolute Gasteiger partial charge is 0.304 e. The lowest BCUT2D eigenvalue weighted by atomic mass is 10.0. The van der Waals surface area contributed by atoms with Gasteiger partial charge in [0.1, 0.15) is 6.04 Å². The molecule has 1 heterocycles. The van der Waals surface area contributed by atoms with Crippen LogP contribution in [0.2, 0.25) is 15.1 Å². The van der Waals surface area contributed by atoms with Gasteiger partial charge in [0.05, 0.1) is 28.0 Å². The van der Waals surface area contributed by atoms with Crippen LogP contribution in [0.5, 0.6) is 0 Å². The summed E-state index contributed by atoms with van der Waals surface area (Å²) in [6, 6.07) is 18.6. The Hall–Kier alpha value is -2.53. The van der Waals surface area contributed by atoms with E-state index in [1.165, 1.54) is 4.90 Å². The van der Waals surface area contributed by atoms with Gasteiger partial charge in [-0.25, -0.2) is 0 Å². The summed E-state index contributed by atoms with van der Waals surface area (Å²) in [4.78, 5) is 29.8. The summed E-state index contributed by atoms with van der Waals surface area (Å²) in [6.45, 7) is 2.05. The second-order valence-corrected chi connectivity index (χ2v) is 8.27. The van der Waals surface area contributed by atoms with Gasteiger partial charge in [-0.1, -0.05) is 53.0 Å². The molecule has 4 nitrogen and oxygen atoms in total. The first-order chi connectivity index (χ1) is 14.4. The Bertz CT molecular complexity index is 1130. The summed E-state index contributed by atoms with van der Waals surface area (Å²) >= 11 is 18.1. The van der Waals surface area contributed by atoms with Gasteiger partial charge in [0.2, 0.25) is 5.91 Å². The first-order valence-corrected chi connectivity index (χ1v) is 10.4. The Morgan fingerprint density at radius 1 is 0.900 bits per heavy atom. The molecule has 0 radical (unpaired) electrons. The maximum absolute atomic E-state index is 13.3. The molecule has 0 N–H and O–H groups in total.